The van der Waals surface area contributed by atoms with E-state index < -0.39 is 0 Å². The minimum atomic E-state index is 0.0767. The van der Waals surface area contributed by atoms with E-state index >= 15 is 0 Å². The first kappa shape index (κ1) is 17.8. The smallest absolute Gasteiger partial charge is 0.0840 e. The predicted octanol–water partition coefficient (Wildman–Crippen LogP) is 3.66. The Morgan fingerprint density at radius 2 is 1.96 bits per heavy atom. The molecule has 1 atom stereocenters. The van der Waals surface area contributed by atoms with Crippen molar-refractivity contribution >= 4 is 0 Å². The third-order valence-corrected chi connectivity index (χ3v) is 5.85. The molecule has 2 aliphatic rings. The highest BCUT2D eigenvalue weighted by Crippen LogP contribution is 2.37. The lowest BCUT2D eigenvalue weighted by Crippen LogP contribution is -2.45. The molecular formula is C20H32N2O2. The van der Waals surface area contributed by atoms with Crippen molar-refractivity contribution in [1.29, 1.82) is 0 Å². The van der Waals surface area contributed by atoms with Gasteiger partial charge in [0.1, 0.15) is 0 Å². The summed E-state index contributed by atoms with van der Waals surface area (Å²) in [7, 11) is 0. The zero-order valence-corrected chi connectivity index (χ0v) is 15.2. The maximum Gasteiger partial charge on any atom is 0.0840 e. The second-order valence-corrected chi connectivity index (χ2v) is 7.47. The molecule has 134 valence electrons. The molecule has 1 spiro atoms. The molecule has 24 heavy (non-hydrogen) atoms. The Morgan fingerprint density at radius 1 is 1.25 bits per heavy atom. The van der Waals surface area contributed by atoms with Crippen LogP contribution in [0.2, 0.25) is 0 Å². The van der Waals surface area contributed by atoms with Crippen molar-refractivity contribution in [3.8, 4) is 0 Å². The van der Waals surface area contributed by atoms with E-state index in [2.05, 4.69) is 23.7 Å². The van der Waals surface area contributed by atoms with Gasteiger partial charge in [0, 0.05) is 38.4 Å². The summed E-state index contributed by atoms with van der Waals surface area (Å²) in [6.45, 7) is 9.63. The normalized spacial score (nSPS) is 24.0. The molecule has 0 radical (unpaired) electrons. The van der Waals surface area contributed by atoms with Crippen LogP contribution in [0.15, 0.2) is 24.5 Å². The topological polar surface area (TPSA) is 34.6 Å². The van der Waals surface area contributed by atoms with Crippen LogP contribution in [0.3, 0.4) is 0 Å². The van der Waals surface area contributed by atoms with Crippen LogP contribution < -0.4 is 0 Å². The predicted molar refractivity (Wildman–Crippen MR) is 95.9 cm³/mol. The first-order valence-electron chi connectivity index (χ1n) is 9.60. The van der Waals surface area contributed by atoms with Crippen LogP contribution in [0.25, 0.3) is 0 Å². The average Bonchev–Trinajstić information content (AvgIpc) is 3.03. The molecule has 1 aromatic rings. The standard InChI is InChI=1S/C20H32N2O2/c1-3-17(4-2)14-22-11-7-20(8-12-22)13-19(16-24-20)23-15-18-5-9-21-10-6-18/h5-6,9-10,17,19H,3-4,7-8,11-16H2,1-2H3. The summed E-state index contributed by atoms with van der Waals surface area (Å²) in [4.78, 5) is 6.68. The fraction of sp³-hybridized carbons (Fsp3) is 0.750. The van der Waals surface area contributed by atoms with Gasteiger partial charge in [0.25, 0.3) is 0 Å². The van der Waals surface area contributed by atoms with E-state index in [0.29, 0.717) is 6.61 Å². The molecule has 2 aliphatic heterocycles. The van der Waals surface area contributed by atoms with Crippen LogP contribution >= 0.6 is 0 Å². The molecule has 1 aromatic heterocycles. The number of ether oxygens (including phenoxy) is 2. The second-order valence-electron chi connectivity index (χ2n) is 7.47. The van der Waals surface area contributed by atoms with Crippen molar-refractivity contribution in [3.63, 3.8) is 0 Å². The van der Waals surface area contributed by atoms with Gasteiger partial charge < -0.3 is 14.4 Å². The third-order valence-electron chi connectivity index (χ3n) is 5.85. The van der Waals surface area contributed by atoms with Gasteiger partial charge in [-0.15, -0.1) is 0 Å². The second kappa shape index (κ2) is 8.41. The Hall–Kier alpha value is -0.970. The van der Waals surface area contributed by atoms with E-state index in [0.717, 1.165) is 31.8 Å². The molecule has 2 saturated heterocycles. The molecule has 1 unspecified atom stereocenters. The van der Waals surface area contributed by atoms with Crippen LogP contribution in [0.1, 0.15) is 51.5 Å². The average molecular weight is 332 g/mol. The van der Waals surface area contributed by atoms with Gasteiger partial charge in [-0.1, -0.05) is 26.7 Å². The fourth-order valence-electron chi connectivity index (χ4n) is 4.01. The van der Waals surface area contributed by atoms with E-state index in [4.69, 9.17) is 9.47 Å². The maximum atomic E-state index is 6.22. The Balaban J connectivity index is 1.42. The van der Waals surface area contributed by atoms with Gasteiger partial charge in [0.05, 0.1) is 24.9 Å². The highest BCUT2D eigenvalue weighted by molar-refractivity contribution is 5.08. The minimum Gasteiger partial charge on any atom is -0.372 e. The van der Waals surface area contributed by atoms with Crippen molar-refractivity contribution in [2.24, 2.45) is 5.92 Å². The molecule has 4 nitrogen and oxygen atoms in total. The lowest BCUT2D eigenvalue weighted by Gasteiger charge is -2.39. The van der Waals surface area contributed by atoms with Gasteiger partial charge in [-0.2, -0.15) is 0 Å². The summed E-state index contributed by atoms with van der Waals surface area (Å²) in [5, 5.41) is 0. The van der Waals surface area contributed by atoms with E-state index in [-0.39, 0.29) is 11.7 Å². The fourth-order valence-corrected chi connectivity index (χ4v) is 4.01. The molecule has 2 fully saturated rings. The zero-order valence-electron chi connectivity index (χ0n) is 15.2. The number of hydrogen-bond donors (Lipinski definition) is 0. The molecule has 0 aromatic carbocycles. The molecule has 3 heterocycles. The van der Waals surface area contributed by atoms with Crippen molar-refractivity contribution in [2.75, 3.05) is 26.2 Å². The Labute approximate surface area is 146 Å². The molecule has 0 aliphatic carbocycles. The van der Waals surface area contributed by atoms with Gasteiger partial charge in [-0.05, 0) is 36.5 Å². The summed E-state index contributed by atoms with van der Waals surface area (Å²) in [6.07, 6.45) is 9.83. The van der Waals surface area contributed by atoms with Gasteiger partial charge in [-0.25, -0.2) is 0 Å². The largest absolute Gasteiger partial charge is 0.372 e. The summed E-state index contributed by atoms with van der Waals surface area (Å²) in [5.74, 6) is 0.847. The minimum absolute atomic E-state index is 0.0767. The first-order chi connectivity index (χ1) is 11.7. The Morgan fingerprint density at radius 3 is 2.62 bits per heavy atom. The van der Waals surface area contributed by atoms with E-state index in [1.54, 1.807) is 0 Å². The first-order valence-corrected chi connectivity index (χ1v) is 9.60. The molecule has 0 saturated carbocycles. The molecule has 0 N–H and O–H groups in total. The number of nitrogens with zero attached hydrogens (tertiary/aromatic N) is 2. The highest BCUT2D eigenvalue weighted by Gasteiger charge is 2.43. The monoisotopic (exact) mass is 332 g/mol. The van der Waals surface area contributed by atoms with Crippen LogP contribution in [-0.4, -0.2) is 47.8 Å². The molecule has 0 amide bonds. The van der Waals surface area contributed by atoms with Crippen LogP contribution in [0.5, 0.6) is 0 Å². The van der Waals surface area contributed by atoms with Gasteiger partial charge in [0.15, 0.2) is 0 Å². The van der Waals surface area contributed by atoms with Crippen molar-refractivity contribution in [1.82, 2.24) is 9.88 Å². The Bertz CT molecular complexity index is 482. The number of pyridine rings is 1. The van der Waals surface area contributed by atoms with Crippen molar-refractivity contribution in [2.45, 2.75) is 64.3 Å². The van der Waals surface area contributed by atoms with E-state index in [9.17, 15) is 0 Å². The summed E-state index contributed by atoms with van der Waals surface area (Å²) < 4.78 is 12.3. The maximum absolute atomic E-state index is 6.22. The van der Waals surface area contributed by atoms with Gasteiger partial charge in [-0.3, -0.25) is 4.98 Å². The number of aromatic nitrogens is 1. The van der Waals surface area contributed by atoms with Crippen LogP contribution in [0, 0.1) is 5.92 Å². The molecular weight excluding hydrogens is 300 g/mol. The number of piperidine rings is 1. The Kier molecular flexibility index (Phi) is 6.25. The van der Waals surface area contributed by atoms with Gasteiger partial charge >= 0.3 is 0 Å². The van der Waals surface area contributed by atoms with Gasteiger partial charge in [0.2, 0.25) is 0 Å². The molecule has 3 rings (SSSR count). The molecule has 4 heteroatoms. The number of hydrogen-bond acceptors (Lipinski definition) is 4. The van der Waals surface area contributed by atoms with E-state index in [1.807, 2.05) is 24.5 Å². The molecule has 0 bridgehead atoms. The quantitative estimate of drug-likeness (QED) is 0.763. The van der Waals surface area contributed by atoms with Crippen molar-refractivity contribution < 1.29 is 9.47 Å². The zero-order chi connectivity index (χ0) is 16.8. The lowest BCUT2D eigenvalue weighted by atomic mass is 9.87. The highest BCUT2D eigenvalue weighted by atomic mass is 16.6. The summed E-state index contributed by atoms with van der Waals surface area (Å²) in [5.41, 5.74) is 1.26. The van der Waals surface area contributed by atoms with E-state index in [1.165, 1.54) is 38.0 Å². The van der Waals surface area contributed by atoms with Crippen LogP contribution in [-0.2, 0) is 16.1 Å². The number of likely N-dealkylation sites (tertiary alicyclic amines) is 1. The SMILES string of the molecule is CCC(CC)CN1CCC2(CC1)CC(OCc1ccncc1)CO2. The summed E-state index contributed by atoms with van der Waals surface area (Å²) in [6, 6.07) is 4.03. The summed E-state index contributed by atoms with van der Waals surface area (Å²) >= 11 is 0. The van der Waals surface area contributed by atoms with Crippen LogP contribution in [0.4, 0.5) is 0 Å². The number of rotatable bonds is 7. The lowest BCUT2D eigenvalue weighted by molar-refractivity contribution is -0.0476. The van der Waals surface area contributed by atoms with Crippen molar-refractivity contribution in [3.05, 3.63) is 30.1 Å². The third kappa shape index (κ3) is 4.56.